The molecule has 4 aromatic rings. The van der Waals surface area contributed by atoms with Crippen molar-refractivity contribution in [3.63, 3.8) is 0 Å². The Labute approximate surface area is 212 Å². The van der Waals surface area contributed by atoms with E-state index in [2.05, 4.69) is 26.2 Å². The van der Waals surface area contributed by atoms with Gasteiger partial charge < -0.3 is 20.1 Å². The van der Waals surface area contributed by atoms with Crippen molar-refractivity contribution >= 4 is 29.1 Å². The van der Waals surface area contributed by atoms with E-state index in [1.54, 1.807) is 11.8 Å². The number of carbonyl (C=O) groups is 1. The summed E-state index contributed by atoms with van der Waals surface area (Å²) in [5, 5.41) is 18.7. The van der Waals surface area contributed by atoms with Crippen LogP contribution >= 0.6 is 11.6 Å². The number of hydrogen-bond acceptors (Lipinski definition) is 7. The molecule has 0 bridgehead atoms. The number of para-hydroxylation sites is 1. The summed E-state index contributed by atoms with van der Waals surface area (Å²) in [6, 6.07) is 21.7. The summed E-state index contributed by atoms with van der Waals surface area (Å²) >= 11 is 6.09. The Morgan fingerprint density at radius 3 is 2.69 bits per heavy atom. The lowest BCUT2D eigenvalue weighted by molar-refractivity contribution is -0.113. The number of benzene rings is 3. The molecule has 10 heteroatoms. The molecule has 0 radical (unpaired) electrons. The number of nitrogens with one attached hydrogen (secondary N) is 2. The number of halogens is 1. The van der Waals surface area contributed by atoms with Gasteiger partial charge in [-0.15, -0.1) is 0 Å². The molecule has 1 aliphatic rings. The Bertz CT molecular complexity index is 1440. The third-order valence-corrected chi connectivity index (χ3v) is 6.01. The fraction of sp³-hybridized carbons (Fsp3) is 0.154. The third kappa shape index (κ3) is 4.73. The van der Waals surface area contributed by atoms with Crippen molar-refractivity contribution < 1.29 is 14.3 Å². The van der Waals surface area contributed by atoms with E-state index < -0.39 is 6.04 Å². The summed E-state index contributed by atoms with van der Waals surface area (Å²) in [5.74, 6) is 1.25. The van der Waals surface area contributed by atoms with E-state index in [-0.39, 0.29) is 5.91 Å². The van der Waals surface area contributed by atoms with Crippen molar-refractivity contribution in [1.82, 2.24) is 20.2 Å². The standard InChI is InChI=1S/C26H23ClN6O3/c1-16-23(25(34)29-20-9-4-3-5-10-20)24(33-26(28-16)30-31-32-33)18-11-12-21(22(14-18)35-2)36-15-17-7-6-8-19(27)13-17/h3-14,24H,15H2,1-2H3,(H,29,34)(H,28,30,32). The highest BCUT2D eigenvalue weighted by Gasteiger charge is 2.34. The van der Waals surface area contributed by atoms with Gasteiger partial charge in [-0.1, -0.05) is 53.1 Å². The van der Waals surface area contributed by atoms with Gasteiger partial charge in [0, 0.05) is 16.4 Å². The average Bonchev–Trinajstić information content (AvgIpc) is 3.35. The van der Waals surface area contributed by atoms with E-state index in [9.17, 15) is 4.79 Å². The van der Waals surface area contributed by atoms with E-state index >= 15 is 0 Å². The molecule has 2 N–H and O–H groups in total. The van der Waals surface area contributed by atoms with E-state index in [0.717, 1.165) is 11.1 Å². The lowest BCUT2D eigenvalue weighted by Gasteiger charge is -2.28. The largest absolute Gasteiger partial charge is 0.493 e. The molecule has 0 spiro atoms. The quantitative estimate of drug-likeness (QED) is 0.372. The van der Waals surface area contributed by atoms with Crippen molar-refractivity contribution in [3.05, 3.63) is 100 Å². The van der Waals surface area contributed by atoms with Gasteiger partial charge in [-0.2, -0.15) is 4.68 Å². The normalized spacial score (nSPS) is 14.6. The molecule has 1 amide bonds. The highest BCUT2D eigenvalue weighted by molar-refractivity contribution is 6.30. The zero-order valence-corrected chi connectivity index (χ0v) is 20.4. The molecule has 0 saturated carbocycles. The molecule has 0 aliphatic carbocycles. The Hall–Kier alpha value is -4.37. The minimum absolute atomic E-state index is 0.266. The van der Waals surface area contributed by atoms with Crippen LogP contribution in [0.25, 0.3) is 0 Å². The number of allylic oxidation sites excluding steroid dienone is 1. The summed E-state index contributed by atoms with van der Waals surface area (Å²) in [4.78, 5) is 13.4. The SMILES string of the molecule is COc1cc(C2C(C(=O)Nc3ccccc3)=C(C)Nc3nnnn32)ccc1OCc1cccc(Cl)c1. The number of ether oxygens (including phenoxy) is 2. The van der Waals surface area contributed by atoms with Gasteiger partial charge in [-0.25, -0.2) is 0 Å². The summed E-state index contributed by atoms with van der Waals surface area (Å²) in [6.45, 7) is 2.15. The van der Waals surface area contributed by atoms with Crippen LogP contribution in [0, 0.1) is 0 Å². The smallest absolute Gasteiger partial charge is 0.255 e. The van der Waals surface area contributed by atoms with Crippen LogP contribution in [-0.4, -0.2) is 33.2 Å². The van der Waals surface area contributed by atoms with Crippen molar-refractivity contribution in [1.29, 1.82) is 0 Å². The van der Waals surface area contributed by atoms with Crippen LogP contribution in [0.2, 0.25) is 5.02 Å². The van der Waals surface area contributed by atoms with Crippen LogP contribution in [0.4, 0.5) is 11.6 Å². The highest BCUT2D eigenvalue weighted by atomic mass is 35.5. The Morgan fingerprint density at radius 1 is 1.08 bits per heavy atom. The van der Waals surface area contributed by atoms with E-state index in [4.69, 9.17) is 21.1 Å². The lowest BCUT2D eigenvalue weighted by atomic mass is 9.94. The number of amides is 1. The maximum absolute atomic E-state index is 13.4. The first-order chi connectivity index (χ1) is 17.5. The summed E-state index contributed by atoms with van der Waals surface area (Å²) in [5.41, 5.74) is 3.51. The number of aromatic nitrogens is 4. The van der Waals surface area contributed by atoms with Crippen LogP contribution in [-0.2, 0) is 11.4 Å². The molecule has 1 aliphatic heterocycles. The monoisotopic (exact) mass is 502 g/mol. The topological polar surface area (TPSA) is 103 Å². The molecule has 36 heavy (non-hydrogen) atoms. The molecular weight excluding hydrogens is 480 g/mol. The zero-order chi connectivity index (χ0) is 25.1. The van der Waals surface area contributed by atoms with Gasteiger partial charge >= 0.3 is 0 Å². The molecule has 1 atom stereocenters. The van der Waals surface area contributed by atoms with Crippen LogP contribution in [0.3, 0.4) is 0 Å². The van der Waals surface area contributed by atoms with Gasteiger partial charge in [-0.3, -0.25) is 4.79 Å². The van der Waals surface area contributed by atoms with E-state index in [1.807, 2.05) is 79.7 Å². The average molecular weight is 503 g/mol. The minimum atomic E-state index is -0.587. The van der Waals surface area contributed by atoms with Gasteiger partial charge in [0.05, 0.1) is 12.7 Å². The second kappa shape index (κ2) is 10.1. The van der Waals surface area contributed by atoms with Gasteiger partial charge in [0.2, 0.25) is 5.95 Å². The highest BCUT2D eigenvalue weighted by Crippen LogP contribution is 2.38. The molecule has 1 unspecified atom stereocenters. The maximum Gasteiger partial charge on any atom is 0.255 e. The van der Waals surface area contributed by atoms with Crippen LogP contribution in [0.1, 0.15) is 24.1 Å². The number of rotatable bonds is 7. The molecule has 9 nitrogen and oxygen atoms in total. The molecular formula is C26H23ClN6O3. The van der Waals surface area contributed by atoms with Gasteiger partial charge in [0.25, 0.3) is 5.91 Å². The van der Waals surface area contributed by atoms with E-state index in [1.165, 1.54) is 0 Å². The van der Waals surface area contributed by atoms with Crippen molar-refractivity contribution in [3.8, 4) is 11.5 Å². The first kappa shape index (κ1) is 23.4. The molecule has 1 aromatic heterocycles. The van der Waals surface area contributed by atoms with Gasteiger partial charge in [0.1, 0.15) is 12.6 Å². The number of carbonyl (C=O) groups excluding carboxylic acids is 1. The molecule has 3 aromatic carbocycles. The second-order valence-corrected chi connectivity index (χ2v) is 8.60. The number of fused-ring (bicyclic) bond motifs is 1. The van der Waals surface area contributed by atoms with Gasteiger partial charge in [-0.05, 0) is 64.9 Å². The van der Waals surface area contributed by atoms with Crippen molar-refractivity contribution in [2.75, 3.05) is 17.7 Å². The summed E-state index contributed by atoms with van der Waals surface area (Å²) in [6.07, 6.45) is 0. The number of nitrogens with zero attached hydrogens (tertiary/aromatic N) is 4. The van der Waals surface area contributed by atoms with Crippen LogP contribution in [0.15, 0.2) is 84.1 Å². The lowest BCUT2D eigenvalue weighted by Crippen LogP contribution is -2.31. The summed E-state index contributed by atoms with van der Waals surface area (Å²) < 4.78 is 13.2. The first-order valence-corrected chi connectivity index (χ1v) is 11.6. The van der Waals surface area contributed by atoms with Gasteiger partial charge in [0.15, 0.2) is 11.5 Å². The number of methoxy groups -OCH3 is 1. The fourth-order valence-corrected chi connectivity index (χ4v) is 4.31. The third-order valence-electron chi connectivity index (χ3n) is 5.78. The zero-order valence-electron chi connectivity index (χ0n) is 19.6. The molecule has 182 valence electrons. The molecule has 5 rings (SSSR count). The fourth-order valence-electron chi connectivity index (χ4n) is 4.10. The first-order valence-electron chi connectivity index (χ1n) is 11.2. The minimum Gasteiger partial charge on any atom is -0.493 e. The van der Waals surface area contributed by atoms with Crippen LogP contribution in [0.5, 0.6) is 11.5 Å². The summed E-state index contributed by atoms with van der Waals surface area (Å²) in [7, 11) is 1.57. The number of tetrazole rings is 1. The number of anilines is 2. The molecule has 0 fully saturated rings. The molecule has 2 heterocycles. The maximum atomic E-state index is 13.4. The van der Waals surface area contributed by atoms with Crippen molar-refractivity contribution in [2.45, 2.75) is 19.6 Å². The second-order valence-electron chi connectivity index (χ2n) is 8.16. The van der Waals surface area contributed by atoms with E-state index in [0.29, 0.717) is 46.0 Å². The van der Waals surface area contributed by atoms with Crippen LogP contribution < -0.4 is 20.1 Å². The Balaban J connectivity index is 1.47. The van der Waals surface area contributed by atoms with Crippen molar-refractivity contribution in [2.24, 2.45) is 0 Å². The molecule has 0 saturated heterocycles. The predicted octanol–water partition coefficient (Wildman–Crippen LogP) is 4.84. The Morgan fingerprint density at radius 2 is 1.92 bits per heavy atom. The Kier molecular flexibility index (Phi) is 6.55. The number of hydrogen-bond donors (Lipinski definition) is 2. The predicted molar refractivity (Wildman–Crippen MR) is 136 cm³/mol.